The zero-order valence-corrected chi connectivity index (χ0v) is 16.4. The first kappa shape index (κ1) is 19.1. The highest BCUT2D eigenvalue weighted by Gasteiger charge is 2.36. The third-order valence-corrected chi connectivity index (χ3v) is 5.03. The molecular weight excluding hydrogens is 373 g/mol. The third-order valence-electron chi connectivity index (χ3n) is 5.03. The Kier molecular flexibility index (Phi) is 5.29. The lowest BCUT2D eigenvalue weighted by Crippen LogP contribution is -2.25. The summed E-state index contributed by atoms with van der Waals surface area (Å²) in [6.45, 7) is 4.78. The molecule has 1 saturated heterocycles. The van der Waals surface area contributed by atoms with Gasteiger partial charge in [0.1, 0.15) is 11.6 Å². The lowest BCUT2D eigenvalue weighted by atomic mass is 10.1. The Morgan fingerprint density at radius 1 is 1.24 bits per heavy atom. The van der Waals surface area contributed by atoms with Crippen LogP contribution in [0, 0.1) is 12.7 Å². The molecule has 0 bridgehead atoms. The molecule has 7 heteroatoms. The highest BCUT2D eigenvalue weighted by molar-refractivity contribution is 5.97. The van der Waals surface area contributed by atoms with Gasteiger partial charge in [-0.1, -0.05) is 18.1 Å². The second kappa shape index (κ2) is 8.03. The molecule has 1 fully saturated rings. The fourth-order valence-electron chi connectivity index (χ4n) is 3.43. The summed E-state index contributed by atoms with van der Waals surface area (Å²) in [6.07, 6.45) is 1.20. The topological polar surface area (TPSA) is 68.5 Å². The average Bonchev–Trinajstić information content (AvgIpc) is 3.36. The molecule has 1 aliphatic heterocycles. The number of carbonyl (C=O) groups excluding carboxylic acids is 1. The second-order valence-electron chi connectivity index (χ2n) is 7.12. The van der Waals surface area contributed by atoms with Gasteiger partial charge in [-0.25, -0.2) is 4.39 Å². The van der Waals surface area contributed by atoms with Crippen LogP contribution in [0.15, 0.2) is 47.0 Å². The molecular formula is C22H22FN3O3. The van der Waals surface area contributed by atoms with Crippen molar-refractivity contribution < 1.29 is 18.4 Å². The van der Waals surface area contributed by atoms with Crippen LogP contribution in [0.3, 0.4) is 0 Å². The first-order valence-electron chi connectivity index (χ1n) is 9.69. The van der Waals surface area contributed by atoms with E-state index in [1.807, 2.05) is 24.3 Å². The van der Waals surface area contributed by atoms with Gasteiger partial charge in [-0.05, 0) is 49.7 Å². The molecule has 1 unspecified atom stereocenters. The van der Waals surface area contributed by atoms with Crippen molar-refractivity contribution in [2.75, 3.05) is 18.1 Å². The molecule has 0 radical (unpaired) electrons. The Balaban J connectivity index is 1.50. The molecule has 3 aromatic rings. The highest BCUT2D eigenvalue weighted by atomic mass is 19.1. The molecule has 1 aliphatic rings. The maximum Gasteiger partial charge on any atom is 0.232 e. The Hall–Kier alpha value is -3.22. The SMILES string of the molecule is CCCOc1ccc(-c2noc(C3CC(=O)N(c4cccc(F)c4C)C3)n2)cc1. The number of anilines is 1. The lowest BCUT2D eigenvalue weighted by Gasteiger charge is -2.18. The van der Waals surface area contributed by atoms with Crippen LogP contribution in [-0.2, 0) is 4.79 Å². The van der Waals surface area contributed by atoms with Crippen molar-refractivity contribution in [3.05, 3.63) is 59.7 Å². The van der Waals surface area contributed by atoms with Gasteiger partial charge in [0.2, 0.25) is 17.6 Å². The van der Waals surface area contributed by atoms with Crippen molar-refractivity contribution in [2.24, 2.45) is 0 Å². The van der Waals surface area contributed by atoms with Crippen LogP contribution in [0.5, 0.6) is 5.75 Å². The first-order chi connectivity index (χ1) is 14.1. The quantitative estimate of drug-likeness (QED) is 0.615. The third kappa shape index (κ3) is 3.85. The fraction of sp³-hybridized carbons (Fsp3) is 0.318. The van der Waals surface area contributed by atoms with Crippen molar-refractivity contribution in [3.63, 3.8) is 0 Å². The van der Waals surface area contributed by atoms with Crippen LogP contribution in [0.25, 0.3) is 11.4 Å². The second-order valence-corrected chi connectivity index (χ2v) is 7.12. The zero-order chi connectivity index (χ0) is 20.4. The number of rotatable bonds is 6. The maximum absolute atomic E-state index is 13.9. The molecule has 2 aromatic carbocycles. The van der Waals surface area contributed by atoms with E-state index in [0.717, 1.165) is 17.7 Å². The molecule has 0 aliphatic carbocycles. The van der Waals surface area contributed by atoms with Crippen LogP contribution in [-0.4, -0.2) is 29.2 Å². The van der Waals surface area contributed by atoms with Crippen LogP contribution in [0.2, 0.25) is 0 Å². The van der Waals surface area contributed by atoms with Crippen molar-refractivity contribution in [2.45, 2.75) is 32.6 Å². The average molecular weight is 395 g/mol. The molecule has 29 heavy (non-hydrogen) atoms. The molecule has 0 spiro atoms. The molecule has 4 rings (SSSR count). The van der Waals surface area contributed by atoms with E-state index in [9.17, 15) is 9.18 Å². The minimum atomic E-state index is -0.329. The predicted octanol–water partition coefficient (Wildman–Crippen LogP) is 4.49. The molecule has 6 nitrogen and oxygen atoms in total. The van der Waals surface area contributed by atoms with E-state index in [-0.39, 0.29) is 24.1 Å². The molecule has 0 saturated carbocycles. The van der Waals surface area contributed by atoms with Gasteiger partial charge in [-0.2, -0.15) is 4.98 Å². The van der Waals surface area contributed by atoms with E-state index in [4.69, 9.17) is 9.26 Å². The van der Waals surface area contributed by atoms with Gasteiger partial charge < -0.3 is 14.2 Å². The number of nitrogens with zero attached hydrogens (tertiary/aromatic N) is 3. The minimum absolute atomic E-state index is 0.0825. The first-order valence-corrected chi connectivity index (χ1v) is 9.69. The standard InChI is InChI=1S/C22H22FN3O3/c1-3-11-28-17-9-7-15(8-10-17)21-24-22(29-25-21)16-12-20(27)26(13-16)19-6-4-5-18(23)14(19)2/h4-10,16H,3,11-13H2,1-2H3. The predicted molar refractivity (Wildman–Crippen MR) is 106 cm³/mol. The summed E-state index contributed by atoms with van der Waals surface area (Å²) in [5.41, 5.74) is 1.85. The van der Waals surface area contributed by atoms with E-state index >= 15 is 0 Å². The number of halogens is 1. The van der Waals surface area contributed by atoms with Gasteiger partial charge in [0, 0.05) is 29.8 Å². The summed E-state index contributed by atoms with van der Waals surface area (Å²) in [5.74, 6) is 1.04. The minimum Gasteiger partial charge on any atom is -0.494 e. The molecule has 1 atom stereocenters. The normalized spacial score (nSPS) is 16.4. The highest BCUT2D eigenvalue weighted by Crippen LogP contribution is 2.34. The monoisotopic (exact) mass is 395 g/mol. The number of hydrogen-bond donors (Lipinski definition) is 0. The Morgan fingerprint density at radius 2 is 2.03 bits per heavy atom. The number of benzene rings is 2. The summed E-state index contributed by atoms with van der Waals surface area (Å²) in [4.78, 5) is 18.6. The number of carbonyl (C=O) groups is 1. The zero-order valence-electron chi connectivity index (χ0n) is 16.4. The summed E-state index contributed by atoms with van der Waals surface area (Å²) >= 11 is 0. The van der Waals surface area contributed by atoms with E-state index in [1.165, 1.54) is 6.07 Å². The van der Waals surface area contributed by atoms with E-state index < -0.39 is 0 Å². The van der Waals surface area contributed by atoms with Crippen LogP contribution in [0.1, 0.15) is 37.1 Å². The van der Waals surface area contributed by atoms with Gasteiger partial charge >= 0.3 is 0 Å². The largest absolute Gasteiger partial charge is 0.494 e. The smallest absolute Gasteiger partial charge is 0.232 e. The number of hydrogen-bond acceptors (Lipinski definition) is 5. The lowest BCUT2D eigenvalue weighted by molar-refractivity contribution is -0.117. The maximum atomic E-state index is 13.9. The number of amides is 1. The fourth-order valence-corrected chi connectivity index (χ4v) is 3.43. The molecule has 1 amide bonds. The van der Waals surface area contributed by atoms with Crippen LogP contribution < -0.4 is 9.64 Å². The van der Waals surface area contributed by atoms with Gasteiger partial charge in [-0.15, -0.1) is 0 Å². The molecule has 1 aromatic heterocycles. The Morgan fingerprint density at radius 3 is 2.79 bits per heavy atom. The van der Waals surface area contributed by atoms with E-state index in [0.29, 0.717) is 36.1 Å². The van der Waals surface area contributed by atoms with Gasteiger partial charge in [0.15, 0.2) is 0 Å². The number of ether oxygens (including phenoxy) is 1. The van der Waals surface area contributed by atoms with Crippen molar-refractivity contribution >= 4 is 11.6 Å². The summed E-state index contributed by atoms with van der Waals surface area (Å²) in [5, 5.41) is 4.06. The summed E-state index contributed by atoms with van der Waals surface area (Å²) < 4.78 is 24.9. The Labute approximate surface area is 168 Å². The molecule has 0 N–H and O–H groups in total. The molecule has 2 heterocycles. The van der Waals surface area contributed by atoms with E-state index in [2.05, 4.69) is 17.1 Å². The van der Waals surface area contributed by atoms with Gasteiger partial charge in [-0.3, -0.25) is 4.79 Å². The summed E-state index contributed by atoms with van der Waals surface area (Å²) in [6, 6.07) is 12.2. The van der Waals surface area contributed by atoms with Crippen molar-refractivity contribution in [1.82, 2.24) is 10.1 Å². The van der Waals surface area contributed by atoms with Crippen LogP contribution in [0.4, 0.5) is 10.1 Å². The summed E-state index contributed by atoms with van der Waals surface area (Å²) in [7, 11) is 0. The van der Waals surface area contributed by atoms with Crippen molar-refractivity contribution in [1.29, 1.82) is 0 Å². The van der Waals surface area contributed by atoms with Gasteiger partial charge in [0.25, 0.3) is 0 Å². The Bertz CT molecular complexity index is 1020. The van der Waals surface area contributed by atoms with E-state index in [1.54, 1.807) is 24.0 Å². The van der Waals surface area contributed by atoms with Crippen LogP contribution >= 0.6 is 0 Å². The number of aromatic nitrogens is 2. The molecule has 150 valence electrons. The van der Waals surface area contributed by atoms with Gasteiger partial charge in [0.05, 0.1) is 12.5 Å². The van der Waals surface area contributed by atoms with Crippen molar-refractivity contribution in [3.8, 4) is 17.1 Å².